The third-order valence-corrected chi connectivity index (χ3v) is 4.48. The molecule has 0 aromatic heterocycles. The maximum absolute atomic E-state index is 9.64. The van der Waals surface area contributed by atoms with Crippen LogP contribution < -0.4 is 5.32 Å². The zero-order chi connectivity index (χ0) is 16.6. The summed E-state index contributed by atoms with van der Waals surface area (Å²) in [7, 11) is 0. The van der Waals surface area contributed by atoms with E-state index in [1.807, 2.05) is 24.3 Å². The lowest BCUT2D eigenvalue weighted by atomic mass is 10.1. The Hall–Kier alpha value is -1.72. The number of ether oxygens (including phenoxy) is 1. The molecule has 1 aliphatic rings. The Kier molecular flexibility index (Phi) is 6.38. The molecule has 24 heavy (non-hydrogen) atoms. The Morgan fingerprint density at radius 1 is 1.00 bits per heavy atom. The standard InChI is InChI=1S/C20H26N2O2/c23-14-20-11-21-19(16-24-15-18-9-5-2-6-10-18)13-22(20)12-17-7-3-1-4-8-17/h1-10,19-21,23H,11-16H2/t19-,20-/m0/s1. The molecular formula is C20H26N2O2. The molecule has 2 aromatic carbocycles. The highest BCUT2D eigenvalue weighted by Crippen LogP contribution is 2.13. The normalized spacial score (nSPS) is 21.7. The van der Waals surface area contributed by atoms with Gasteiger partial charge in [-0.05, 0) is 11.1 Å². The number of aliphatic hydroxyl groups excluding tert-OH is 1. The summed E-state index contributed by atoms with van der Waals surface area (Å²) in [4.78, 5) is 2.35. The van der Waals surface area contributed by atoms with Gasteiger partial charge in [-0.15, -0.1) is 0 Å². The fourth-order valence-electron chi connectivity index (χ4n) is 3.13. The minimum atomic E-state index is 0.163. The average Bonchev–Trinajstić information content (AvgIpc) is 2.64. The lowest BCUT2D eigenvalue weighted by Crippen LogP contribution is -2.58. The first kappa shape index (κ1) is 17.1. The summed E-state index contributed by atoms with van der Waals surface area (Å²) in [6.45, 7) is 4.04. The molecular weight excluding hydrogens is 300 g/mol. The van der Waals surface area contributed by atoms with Crippen LogP contribution in [0.5, 0.6) is 0 Å². The van der Waals surface area contributed by atoms with Gasteiger partial charge in [-0.25, -0.2) is 0 Å². The smallest absolute Gasteiger partial charge is 0.0717 e. The predicted molar refractivity (Wildman–Crippen MR) is 95.6 cm³/mol. The quantitative estimate of drug-likeness (QED) is 0.817. The lowest BCUT2D eigenvalue weighted by molar-refractivity contribution is 0.0326. The van der Waals surface area contributed by atoms with Crippen LogP contribution in [-0.2, 0) is 17.9 Å². The second-order valence-electron chi connectivity index (χ2n) is 6.36. The van der Waals surface area contributed by atoms with Crippen molar-refractivity contribution in [3.05, 3.63) is 71.8 Å². The van der Waals surface area contributed by atoms with E-state index in [0.717, 1.165) is 19.6 Å². The van der Waals surface area contributed by atoms with Gasteiger partial charge in [-0.2, -0.15) is 0 Å². The summed E-state index contributed by atoms with van der Waals surface area (Å²) in [6, 6.07) is 21.1. The Morgan fingerprint density at radius 2 is 1.67 bits per heavy atom. The molecule has 1 fully saturated rings. The second-order valence-corrected chi connectivity index (χ2v) is 6.36. The largest absolute Gasteiger partial charge is 0.395 e. The van der Waals surface area contributed by atoms with Crippen LogP contribution in [0.15, 0.2) is 60.7 Å². The fraction of sp³-hybridized carbons (Fsp3) is 0.400. The molecule has 1 heterocycles. The van der Waals surface area contributed by atoms with Gasteiger partial charge in [0.05, 0.1) is 19.8 Å². The van der Waals surface area contributed by atoms with Crippen LogP contribution >= 0.6 is 0 Å². The first-order valence-corrected chi connectivity index (χ1v) is 8.59. The van der Waals surface area contributed by atoms with Crippen molar-refractivity contribution in [1.82, 2.24) is 10.2 Å². The van der Waals surface area contributed by atoms with Crippen LogP contribution in [0, 0.1) is 0 Å². The molecule has 4 heteroatoms. The Bertz CT molecular complexity index is 591. The summed E-state index contributed by atoms with van der Waals surface area (Å²) in [5.41, 5.74) is 2.48. The van der Waals surface area contributed by atoms with Crippen molar-refractivity contribution in [3.63, 3.8) is 0 Å². The van der Waals surface area contributed by atoms with Gasteiger partial charge in [-0.3, -0.25) is 4.90 Å². The topological polar surface area (TPSA) is 44.7 Å². The van der Waals surface area contributed by atoms with Crippen molar-refractivity contribution in [1.29, 1.82) is 0 Å². The molecule has 0 spiro atoms. The highest BCUT2D eigenvalue weighted by Gasteiger charge is 2.27. The molecule has 0 unspecified atom stereocenters. The van der Waals surface area contributed by atoms with Crippen molar-refractivity contribution >= 4 is 0 Å². The van der Waals surface area contributed by atoms with Gasteiger partial charge < -0.3 is 15.2 Å². The highest BCUT2D eigenvalue weighted by atomic mass is 16.5. The van der Waals surface area contributed by atoms with Gasteiger partial charge in [0, 0.05) is 31.7 Å². The second kappa shape index (κ2) is 8.94. The number of piperazine rings is 1. The van der Waals surface area contributed by atoms with Crippen LogP contribution in [0.4, 0.5) is 0 Å². The van der Waals surface area contributed by atoms with Crippen molar-refractivity contribution in [2.75, 3.05) is 26.3 Å². The van der Waals surface area contributed by atoms with Gasteiger partial charge in [-0.1, -0.05) is 60.7 Å². The van der Waals surface area contributed by atoms with Gasteiger partial charge in [0.2, 0.25) is 0 Å². The van der Waals surface area contributed by atoms with Crippen LogP contribution in [0.25, 0.3) is 0 Å². The lowest BCUT2D eigenvalue weighted by Gasteiger charge is -2.39. The zero-order valence-electron chi connectivity index (χ0n) is 14.0. The van der Waals surface area contributed by atoms with Gasteiger partial charge in [0.1, 0.15) is 0 Å². The maximum Gasteiger partial charge on any atom is 0.0717 e. The van der Waals surface area contributed by atoms with Crippen molar-refractivity contribution in [2.24, 2.45) is 0 Å². The summed E-state index contributed by atoms with van der Waals surface area (Å²) >= 11 is 0. The molecule has 3 rings (SSSR count). The van der Waals surface area contributed by atoms with Crippen molar-refractivity contribution < 1.29 is 9.84 Å². The molecule has 128 valence electrons. The van der Waals surface area contributed by atoms with Crippen LogP contribution in [0.2, 0.25) is 0 Å². The van der Waals surface area contributed by atoms with Crippen LogP contribution in [0.1, 0.15) is 11.1 Å². The minimum Gasteiger partial charge on any atom is -0.395 e. The molecule has 0 radical (unpaired) electrons. The Labute approximate surface area is 144 Å². The number of benzene rings is 2. The number of nitrogens with one attached hydrogen (secondary N) is 1. The monoisotopic (exact) mass is 326 g/mol. The van der Waals surface area contributed by atoms with Gasteiger partial charge >= 0.3 is 0 Å². The molecule has 1 saturated heterocycles. The summed E-state index contributed by atoms with van der Waals surface area (Å²) in [5.74, 6) is 0. The summed E-state index contributed by atoms with van der Waals surface area (Å²) < 4.78 is 5.87. The van der Waals surface area contributed by atoms with E-state index < -0.39 is 0 Å². The van der Waals surface area contributed by atoms with E-state index in [0.29, 0.717) is 19.3 Å². The molecule has 4 nitrogen and oxygen atoms in total. The number of rotatable bonds is 7. The van der Waals surface area contributed by atoms with Crippen LogP contribution in [0.3, 0.4) is 0 Å². The Morgan fingerprint density at radius 3 is 2.33 bits per heavy atom. The third kappa shape index (κ3) is 4.89. The van der Waals surface area contributed by atoms with Crippen molar-refractivity contribution in [3.8, 4) is 0 Å². The fourth-order valence-corrected chi connectivity index (χ4v) is 3.13. The molecule has 0 aliphatic carbocycles. The van der Waals surface area contributed by atoms with E-state index >= 15 is 0 Å². The van der Waals surface area contributed by atoms with E-state index in [9.17, 15) is 5.11 Å². The van der Waals surface area contributed by atoms with E-state index in [1.165, 1.54) is 11.1 Å². The van der Waals surface area contributed by atoms with Crippen molar-refractivity contribution in [2.45, 2.75) is 25.2 Å². The minimum absolute atomic E-state index is 0.163. The number of hydrogen-bond acceptors (Lipinski definition) is 4. The summed E-state index contributed by atoms with van der Waals surface area (Å²) in [5, 5.41) is 13.1. The number of aliphatic hydroxyl groups is 1. The third-order valence-electron chi connectivity index (χ3n) is 4.48. The molecule has 2 aromatic rings. The first-order valence-electron chi connectivity index (χ1n) is 8.59. The molecule has 0 amide bonds. The molecule has 0 bridgehead atoms. The van der Waals surface area contributed by atoms with Gasteiger partial charge in [0.25, 0.3) is 0 Å². The number of nitrogens with zero attached hydrogens (tertiary/aromatic N) is 1. The molecule has 2 N–H and O–H groups in total. The van der Waals surface area contributed by atoms with Crippen LogP contribution in [-0.4, -0.2) is 48.4 Å². The first-order chi connectivity index (χ1) is 11.8. The van der Waals surface area contributed by atoms with E-state index in [1.54, 1.807) is 0 Å². The van der Waals surface area contributed by atoms with E-state index in [4.69, 9.17) is 4.74 Å². The molecule has 1 aliphatic heterocycles. The maximum atomic E-state index is 9.64. The van der Waals surface area contributed by atoms with E-state index in [2.05, 4.69) is 46.6 Å². The highest BCUT2D eigenvalue weighted by molar-refractivity contribution is 5.15. The Balaban J connectivity index is 1.50. The number of hydrogen-bond donors (Lipinski definition) is 2. The predicted octanol–water partition coefficient (Wildman–Crippen LogP) is 2.04. The summed E-state index contributed by atoms with van der Waals surface area (Å²) in [6.07, 6.45) is 0. The molecule has 0 saturated carbocycles. The molecule has 2 atom stereocenters. The van der Waals surface area contributed by atoms with Gasteiger partial charge in [0.15, 0.2) is 0 Å². The SMILES string of the molecule is OC[C@@H]1CN[C@H](COCc2ccccc2)CN1Cc1ccccc1. The van der Waals surface area contributed by atoms with E-state index in [-0.39, 0.29) is 12.6 Å². The zero-order valence-corrected chi connectivity index (χ0v) is 14.0. The average molecular weight is 326 g/mol.